The fourth-order valence-corrected chi connectivity index (χ4v) is 6.59. The monoisotopic (exact) mass is 427 g/mol. The van der Waals surface area contributed by atoms with Gasteiger partial charge in [-0.2, -0.15) is 0 Å². The van der Waals surface area contributed by atoms with Gasteiger partial charge in [0, 0.05) is 46.2 Å². The summed E-state index contributed by atoms with van der Waals surface area (Å²) in [7, 11) is 0. The normalized spacial score (nSPS) is 28.1. The lowest BCUT2D eigenvalue weighted by Gasteiger charge is -2.36. The molecule has 3 aliphatic heterocycles. The van der Waals surface area contributed by atoms with Gasteiger partial charge in [0.2, 0.25) is 5.91 Å². The van der Waals surface area contributed by atoms with Crippen molar-refractivity contribution in [2.45, 2.75) is 24.9 Å². The Morgan fingerprint density at radius 1 is 1.24 bits per heavy atom. The fourth-order valence-electron chi connectivity index (χ4n) is 5.16. The van der Waals surface area contributed by atoms with E-state index in [9.17, 15) is 9.59 Å². The van der Waals surface area contributed by atoms with Crippen molar-refractivity contribution in [2.24, 2.45) is 5.92 Å². The van der Waals surface area contributed by atoms with E-state index in [2.05, 4.69) is 10.2 Å². The van der Waals surface area contributed by atoms with Gasteiger partial charge in [0.15, 0.2) is 0 Å². The average Bonchev–Trinajstić information content (AvgIpc) is 3.37. The van der Waals surface area contributed by atoms with Gasteiger partial charge in [0.1, 0.15) is 5.54 Å². The van der Waals surface area contributed by atoms with Crippen LogP contribution in [0.4, 0.5) is 11.4 Å². The third-order valence-corrected chi connectivity index (χ3v) is 7.70. The van der Waals surface area contributed by atoms with Gasteiger partial charge < -0.3 is 10.2 Å². The highest BCUT2D eigenvalue weighted by atomic mass is 35.5. The predicted octanol–water partition coefficient (Wildman–Crippen LogP) is 3.94. The molecule has 150 valence electrons. The molecular weight excluding hydrogens is 406 g/mol. The van der Waals surface area contributed by atoms with Gasteiger partial charge in [-0.3, -0.25) is 14.5 Å². The first kappa shape index (κ1) is 19.0. The zero-order valence-electron chi connectivity index (χ0n) is 16.1. The molecule has 1 N–H and O–H groups in total. The number of rotatable bonds is 3. The number of hydrogen-bond donors (Lipinski definition) is 1. The SMILES string of the molecule is CCN1C(=O)[C@]2(c3ccccc31)[C@H](C(=O)Nc1ccc(Cl)cc1)C[C@@H]1CSCN12. The van der Waals surface area contributed by atoms with Crippen molar-refractivity contribution in [1.82, 2.24) is 4.90 Å². The summed E-state index contributed by atoms with van der Waals surface area (Å²) in [5.74, 6) is 1.21. The number of amides is 2. The molecule has 2 aromatic rings. The first-order valence-electron chi connectivity index (χ1n) is 9.89. The smallest absolute Gasteiger partial charge is 0.253 e. The molecule has 1 spiro atoms. The summed E-state index contributed by atoms with van der Waals surface area (Å²) in [5, 5.41) is 3.66. The number of fused-ring (bicyclic) bond motifs is 4. The lowest BCUT2D eigenvalue weighted by atomic mass is 9.79. The van der Waals surface area contributed by atoms with Crippen LogP contribution in [0.2, 0.25) is 5.02 Å². The second-order valence-corrected chi connectivity index (χ2v) is 9.18. The van der Waals surface area contributed by atoms with Crippen LogP contribution in [0.5, 0.6) is 0 Å². The third-order valence-electron chi connectivity index (χ3n) is 6.37. The maximum Gasteiger partial charge on any atom is 0.253 e. The summed E-state index contributed by atoms with van der Waals surface area (Å²) < 4.78 is 0. The molecule has 7 heteroatoms. The summed E-state index contributed by atoms with van der Waals surface area (Å²) in [6, 6.07) is 15.3. The predicted molar refractivity (Wildman–Crippen MR) is 117 cm³/mol. The Hall–Kier alpha value is -2.02. The van der Waals surface area contributed by atoms with Crippen LogP contribution in [0.1, 0.15) is 18.9 Å². The minimum Gasteiger partial charge on any atom is -0.326 e. The number of anilines is 2. The van der Waals surface area contributed by atoms with Gasteiger partial charge in [-0.05, 0) is 43.7 Å². The van der Waals surface area contributed by atoms with E-state index in [0.29, 0.717) is 23.7 Å². The van der Waals surface area contributed by atoms with Crippen LogP contribution in [0, 0.1) is 5.92 Å². The highest BCUT2D eigenvalue weighted by Crippen LogP contribution is 2.57. The Balaban J connectivity index is 1.59. The van der Waals surface area contributed by atoms with E-state index in [1.165, 1.54) is 0 Å². The van der Waals surface area contributed by atoms with Crippen molar-refractivity contribution in [2.75, 3.05) is 28.4 Å². The third kappa shape index (κ3) is 2.66. The van der Waals surface area contributed by atoms with Crippen molar-refractivity contribution >= 4 is 46.6 Å². The second-order valence-electron chi connectivity index (χ2n) is 7.74. The molecule has 0 aromatic heterocycles. The van der Waals surface area contributed by atoms with Crippen molar-refractivity contribution < 1.29 is 9.59 Å². The first-order chi connectivity index (χ1) is 14.1. The molecule has 0 saturated carbocycles. The Labute approximate surface area is 179 Å². The van der Waals surface area contributed by atoms with E-state index in [4.69, 9.17) is 11.6 Å². The Morgan fingerprint density at radius 3 is 2.76 bits per heavy atom. The largest absolute Gasteiger partial charge is 0.326 e. The Bertz CT molecular complexity index is 982. The maximum absolute atomic E-state index is 13.8. The quantitative estimate of drug-likeness (QED) is 0.806. The number of carbonyl (C=O) groups is 2. The summed E-state index contributed by atoms with van der Waals surface area (Å²) in [5.41, 5.74) is 1.68. The fraction of sp³-hybridized carbons (Fsp3) is 0.364. The molecule has 2 aromatic carbocycles. The number of hydrogen-bond acceptors (Lipinski definition) is 4. The number of para-hydroxylation sites is 1. The second kappa shape index (κ2) is 7.04. The van der Waals surface area contributed by atoms with E-state index >= 15 is 0 Å². The molecule has 0 unspecified atom stereocenters. The van der Waals surface area contributed by atoms with E-state index < -0.39 is 11.5 Å². The van der Waals surface area contributed by atoms with Crippen LogP contribution in [-0.4, -0.2) is 40.9 Å². The first-order valence-corrected chi connectivity index (χ1v) is 11.4. The zero-order valence-corrected chi connectivity index (χ0v) is 17.7. The van der Waals surface area contributed by atoms with Crippen molar-refractivity contribution in [3.05, 3.63) is 59.1 Å². The lowest BCUT2D eigenvalue weighted by molar-refractivity contribution is -0.136. The average molecular weight is 428 g/mol. The number of nitrogens with one attached hydrogen (secondary N) is 1. The minimum atomic E-state index is -0.919. The summed E-state index contributed by atoms with van der Waals surface area (Å²) >= 11 is 7.81. The molecule has 2 saturated heterocycles. The van der Waals surface area contributed by atoms with Crippen LogP contribution in [-0.2, 0) is 15.1 Å². The van der Waals surface area contributed by atoms with Crippen molar-refractivity contribution in [1.29, 1.82) is 0 Å². The minimum absolute atomic E-state index is 0.0301. The van der Waals surface area contributed by atoms with Gasteiger partial charge in [-0.25, -0.2) is 0 Å². The van der Waals surface area contributed by atoms with Gasteiger partial charge in [0.05, 0.1) is 5.92 Å². The van der Waals surface area contributed by atoms with Crippen LogP contribution >= 0.6 is 23.4 Å². The molecule has 0 aliphatic carbocycles. The van der Waals surface area contributed by atoms with Gasteiger partial charge in [-0.1, -0.05) is 29.8 Å². The Morgan fingerprint density at radius 2 is 2.00 bits per heavy atom. The highest BCUT2D eigenvalue weighted by Gasteiger charge is 2.67. The number of thioether (sulfide) groups is 1. The Kier molecular flexibility index (Phi) is 4.61. The molecule has 5 rings (SSSR count). The molecule has 29 heavy (non-hydrogen) atoms. The lowest BCUT2D eigenvalue weighted by Crippen LogP contribution is -2.55. The molecular formula is C22H22ClN3O2S. The number of halogens is 1. The van der Waals surface area contributed by atoms with Crippen LogP contribution in [0.25, 0.3) is 0 Å². The van der Waals surface area contributed by atoms with Crippen LogP contribution < -0.4 is 10.2 Å². The van der Waals surface area contributed by atoms with Gasteiger partial charge in [-0.15, -0.1) is 11.8 Å². The van der Waals surface area contributed by atoms with Gasteiger partial charge >= 0.3 is 0 Å². The standard InChI is InChI=1S/C22H22ClN3O2S/c1-2-25-19-6-4-3-5-17(19)22(21(25)28)18(11-16-12-29-13-26(16)22)20(27)24-15-9-7-14(23)8-10-15/h3-10,16,18H,2,11-13H2,1H3,(H,24,27)/t16-,18+,22+/m1/s1. The molecule has 0 bridgehead atoms. The molecule has 3 aliphatic rings. The number of carbonyl (C=O) groups excluding carboxylic acids is 2. The van der Waals surface area contributed by atoms with E-state index in [-0.39, 0.29) is 17.9 Å². The molecule has 2 fully saturated rings. The number of likely N-dealkylation sites (N-methyl/N-ethyl adjacent to an activating group) is 1. The van der Waals surface area contributed by atoms with Crippen LogP contribution in [0.15, 0.2) is 48.5 Å². The van der Waals surface area contributed by atoms with E-state index in [1.54, 1.807) is 24.3 Å². The number of benzene rings is 2. The zero-order chi connectivity index (χ0) is 20.2. The van der Waals surface area contributed by atoms with Crippen LogP contribution in [0.3, 0.4) is 0 Å². The summed E-state index contributed by atoms with van der Waals surface area (Å²) in [6.45, 7) is 2.58. The molecule has 5 nitrogen and oxygen atoms in total. The molecule has 3 heterocycles. The van der Waals surface area contributed by atoms with E-state index in [1.807, 2.05) is 47.9 Å². The summed E-state index contributed by atoms with van der Waals surface area (Å²) in [4.78, 5) is 31.5. The molecule has 3 atom stereocenters. The molecule has 0 radical (unpaired) electrons. The summed E-state index contributed by atoms with van der Waals surface area (Å²) in [6.07, 6.45) is 0.685. The highest BCUT2D eigenvalue weighted by molar-refractivity contribution is 7.99. The van der Waals surface area contributed by atoms with Gasteiger partial charge in [0.25, 0.3) is 5.91 Å². The van der Waals surface area contributed by atoms with Crippen molar-refractivity contribution in [3.63, 3.8) is 0 Å². The number of nitrogens with zero attached hydrogens (tertiary/aromatic N) is 2. The maximum atomic E-state index is 13.8. The van der Waals surface area contributed by atoms with E-state index in [0.717, 1.165) is 22.9 Å². The molecule has 2 amide bonds. The van der Waals surface area contributed by atoms with Crippen molar-refractivity contribution in [3.8, 4) is 0 Å². The topological polar surface area (TPSA) is 52.7 Å².